The van der Waals surface area contributed by atoms with Gasteiger partial charge in [0, 0.05) is 11.3 Å². The van der Waals surface area contributed by atoms with Crippen LogP contribution < -0.4 is 4.74 Å². The van der Waals surface area contributed by atoms with E-state index in [1.54, 1.807) is 30.3 Å². The van der Waals surface area contributed by atoms with E-state index in [0.29, 0.717) is 17.1 Å². The van der Waals surface area contributed by atoms with Gasteiger partial charge in [-0.1, -0.05) is 49.0 Å². The number of rotatable bonds is 3. The Balaban J connectivity index is 2.19. The van der Waals surface area contributed by atoms with Crippen molar-refractivity contribution >= 4 is 18.6 Å². The molecule has 0 aliphatic carbocycles. The molecule has 0 atom stereocenters. The molecular weight excluding hydrogens is 232 g/mol. The molecule has 0 aliphatic rings. The maximum absolute atomic E-state index is 11.8. The third-order valence-corrected chi connectivity index (χ3v) is 2.65. The molecule has 0 saturated carbocycles. The van der Waals surface area contributed by atoms with Gasteiger partial charge in [-0.2, -0.15) is 0 Å². The quantitative estimate of drug-likeness (QED) is 0.608. The molecule has 0 unspecified atom stereocenters. The zero-order valence-corrected chi connectivity index (χ0v) is 9.94. The normalized spacial score (nSPS) is 9.94. The van der Waals surface area contributed by atoms with Gasteiger partial charge in [-0.15, -0.1) is 0 Å². The monoisotopic (exact) mass is 243 g/mol. The van der Waals surface area contributed by atoms with Gasteiger partial charge in [-0.25, -0.2) is 4.79 Å². The number of carbonyl (C=O) groups is 1. The molecular formula is C14H11O2S. The highest BCUT2D eigenvalue weighted by molar-refractivity contribution is 7.79. The molecule has 0 aliphatic heterocycles. The molecule has 0 fully saturated rings. The van der Waals surface area contributed by atoms with Crippen LogP contribution in [-0.2, 0) is 5.75 Å². The fourth-order valence-electron chi connectivity index (χ4n) is 1.46. The van der Waals surface area contributed by atoms with Crippen molar-refractivity contribution in [2.45, 2.75) is 5.75 Å². The molecule has 0 aromatic heterocycles. The summed E-state index contributed by atoms with van der Waals surface area (Å²) >= 11 is 4.98. The third-order valence-electron chi connectivity index (χ3n) is 2.34. The van der Waals surface area contributed by atoms with E-state index in [2.05, 4.69) is 0 Å². The molecule has 0 heterocycles. The summed E-state index contributed by atoms with van der Waals surface area (Å²) in [6.45, 7) is 0. The molecule has 2 rings (SSSR count). The minimum atomic E-state index is -0.360. The highest BCUT2D eigenvalue weighted by Gasteiger charge is 2.09. The molecule has 0 bridgehead atoms. The van der Waals surface area contributed by atoms with E-state index >= 15 is 0 Å². The number of ether oxygens (including phenoxy) is 1. The van der Waals surface area contributed by atoms with E-state index in [-0.39, 0.29) is 5.97 Å². The van der Waals surface area contributed by atoms with Crippen molar-refractivity contribution in [1.29, 1.82) is 0 Å². The fourth-order valence-corrected chi connectivity index (χ4v) is 1.69. The standard InChI is InChI=1S/C14H11O2S/c15-14(11-6-2-1-3-7-11)16-13-9-5-4-8-12(13)10-17/h1-9H,10H2. The second-order valence-corrected chi connectivity index (χ2v) is 3.80. The molecule has 0 amide bonds. The van der Waals surface area contributed by atoms with E-state index in [1.807, 2.05) is 24.3 Å². The van der Waals surface area contributed by atoms with Crippen LogP contribution in [0.5, 0.6) is 5.75 Å². The lowest BCUT2D eigenvalue weighted by Gasteiger charge is -2.07. The molecule has 0 N–H and O–H groups in total. The molecule has 85 valence electrons. The van der Waals surface area contributed by atoms with Gasteiger partial charge in [0.25, 0.3) is 0 Å². The third kappa shape index (κ3) is 2.88. The summed E-state index contributed by atoms with van der Waals surface area (Å²) in [4.78, 5) is 11.8. The lowest BCUT2D eigenvalue weighted by atomic mass is 10.2. The summed E-state index contributed by atoms with van der Waals surface area (Å²) in [5, 5.41) is 0. The first-order valence-electron chi connectivity index (χ1n) is 5.24. The average Bonchev–Trinajstić information content (AvgIpc) is 2.40. The predicted octanol–water partition coefficient (Wildman–Crippen LogP) is 3.60. The summed E-state index contributed by atoms with van der Waals surface area (Å²) in [6, 6.07) is 16.2. The SMILES string of the molecule is O=C(Oc1ccccc1C[S])c1ccccc1. The van der Waals surface area contributed by atoms with Gasteiger partial charge in [0.05, 0.1) is 5.56 Å². The van der Waals surface area contributed by atoms with Crippen molar-refractivity contribution in [2.24, 2.45) is 0 Å². The summed E-state index contributed by atoms with van der Waals surface area (Å²) in [5.41, 5.74) is 1.39. The van der Waals surface area contributed by atoms with Crippen LogP contribution in [0.1, 0.15) is 15.9 Å². The maximum atomic E-state index is 11.8. The maximum Gasteiger partial charge on any atom is 0.343 e. The Morgan fingerprint density at radius 1 is 1.00 bits per heavy atom. The second kappa shape index (κ2) is 5.55. The van der Waals surface area contributed by atoms with E-state index in [0.717, 1.165) is 5.56 Å². The Bertz CT molecular complexity index is 509. The van der Waals surface area contributed by atoms with Crippen molar-refractivity contribution in [3.05, 3.63) is 65.7 Å². The first-order chi connectivity index (χ1) is 8.31. The molecule has 2 aromatic carbocycles. The number of hydrogen-bond acceptors (Lipinski definition) is 2. The zero-order valence-electron chi connectivity index (χ0n) is 9.13. The molecule has 2 nitrogen and oxygen atoms in total. The molecule has 17 heavy (non-hydrogen) atoms. The first kappa shape index (κ1) is 11.7. The lowest BCUT2D eigenvalue weighted by molar-refractivity contribution is 0.0733. The highest BCUT2D eigenvalue weighted by Crippen LogP contribution is 2.20. The zero-order chi connectivity index (χ0) is 12.1. The first-order valence-corrected chi connectivity index (χ1v) is 5.82. The Labute approximate surface area is 106 Å². The summed E-state index contributed by atoms with van der Waals surface area (Å²) in [7, 11) is 0. The number of esters is 1. The smallest absolute Gasteiger partial charge is 0.343 e. The summed E-state index contributed by atoms with van der Waals surface area (Å²) in [5.74, 6) is 0.607. The molecule has 0 saturated heterocycles. The van der Waals surface area contributed by atoms with Crippen LogP contribution in [0.25, 0.3) is 0 Å². The molecule has 0 spiro atoms. The van der Waals surface area contributed by atoms with Crippen LogP contribution in [0.3, 0.4) is 0 Å². The van der Waals surface area contributed by atoms with E-state index in [4.69, 9.17) is 17.4 Å². The van der Waals surface area contributed by atoms with Gasteiger partial charge >= 0.3 is 5.97 Å². The Morgan fingerprint density at radius 3 is 2.35 bits per heavy atom. The van der Waals surface area contributed by atoms with Gasteiger partial charge in [0.15, 0.2) is 0 Å². The summed E-state index contributed by atoms with van der Waals surface area (Å²) in [6.07, 6.45) is 0. The molecule has 3 heteroatoms. The Hall–Kier alpha value is -1.74. The van der Waals surface area contributed by atoms with Gasteiger partial charge in [0.2, 0.25) is 0 Å². The number of benzene rings is 2. The number of hydrogen-bond donors (Lipinski definition) is 0. The predicted molar refractivity (Wildman–Crippen MR) is 69.1 cm³/mol. The minimum Gasteiger partial charge on any atom is -0.423 e. The van der Waals surface area contributed by atoms with Crippen molar-refractivity contribution in [1.82, 2.24) is 0 Å². The Kier molecular flexibility index (Phi) is 3.83. The van der Waals surface area contributed by atoms with Gasteiger partial charge in [0.1, 0.15) is 5.75 Å². The fraction of sp³-hybridized carbons (Fsp3) is 0.0714. The van der Waals surface area contributed by atoms with E-state index in [9.17, 15) is 4.79 Å². The van der Waals surface area contributed by atoms with Crippen LogP contribution >= 0.6 is 12.6 Å². The van der Waals surface area contributed by atoms with E-state index in [1.165, 1.54) is 0 Å². The van der Waals surface area contributed by atoms with Crippen LogP contribution in [-0.4, -0.2) is 5.97 Å². The van der Waals surface area contributed by atoms with Crippen molar-refractivity contribution in [3.63, 3.8) is 0 Å². The van der Waals surface area contributed by atoms with E-state index < -0.39 is 0 Å². The molecule has 1 radical (unpaired) electrons. The van der Waals surface area contributed by atoms with Crippen molar-refractivity contribution in [2.75, 3.05) is 0 Å². The second-order valence-electron chi connectivity index (χ2n) is 3.51. The molecule has 2 aromatic rings. The van der Waals surface area contributed by atoms with Gasteiger partial charge in [-0.3, -0.25) is 0 Å². The van der Waals surface area contributed by atoms with Gasteiger partial charge in [-0.05, 0) is 18.2 Å². The van der Waals surface area contributed by atoms with Crippen LogP contribution in [0, 0.1) is 0 Å². The topological polar surface area (TPSA) is 26.3 Å². The number of carbonyl (C=O) groups excluding carboxylic acids is 1. The lowest BCUT2D eigenvalue weighted by Crippen LogP contribution is -2.09. The van der Waals surface area contributed by atoms with Crippen molar-refractivity contribution in [3.8, 4) is 5.75 Å². The Morgan fingerprint density at radius 2 is 1.65 bits per heavy atom. The largest absolute Gasteiger partial charge is 0.423 e. The highest BCUT2D eigenvalue weighted by atomic mass is 32.1. The van der Waals surface area contributed by atoms with Crippen molar-refractivity contribution < 1.29 is 9.53 Å². The van der Waals surface area contributed by atoms with Crippen LogP contribution in [0.15, 0.2) is 54.6 Å². The van der Waals surface area contributed by atoms with Crippen LogP contribution in [0.2, 0.25) is 0 Å². The van der Waals surface area contributed by atoms with Gasteiger partial charge < -0.3 is 4.74 Å². The van der Waals surface area contributed by atoms with Crippen LogP contribution in [0.4, 0.5) is 0 Å². The minimum absolute atomic E-state index is 0.360. The number of para-hydroxylation sites is 1. The summed E-state index contributed by atoms with van der Waals surface area (Å²) < 4.78 is 5.32. The average molecular weight is 243 g/mol.